The van der Waals surface area contributed by atoms with Gasteiger partial charge in [0.1, 0.15) is 5.75 Å². The van der Waals surface area contributed by atoms with E-state index in [-0.39, 0.29) is 5.91 Å². The SMILES string of the molecule is COc1ccccc1C(=O)N1CC2CC(CN(Cc3ccccc3)C2)C1. The summed E-state index contributed by atoms with van der Waals surface area (Å²) in [5.74, 6) is 1.89. The zero-order chi connectivity index (χ0) is 17.9. The van der Waals surface area contributed by atoms with E-state index in [1.807, 2.05) is 29.2 Å². The Bertz CT molecular complexity index is 748. The third-order valence-corrected chi connectivity index (χ3v) is 5.53. The molecule has 2 aromatic carbocycles. The molecule has 4 heteroatoms. The normalized spacial score (nSPS) is 22.9. The minimum Gasteiger partial charge on any atom is -0.496 e. The van der Waals surface area contributed by atoms with Gasteiger partial charge in [0.15, 0.2) is 0 Å². The lowest BCUT2D eigenvalue weighted by Gasteiger charge is -2.46. The lowest BCUT2D eigenvalue weighted by atomic mass is 9.84. The third kappa shape index (κ3) is 3.61. The lowest BCUT2D eigenvalue weighted by Crippen LogP contribution is -2.53. The summed E-state index contributed by atoms with van der Waals surface area (Å²) in [6.07, 6.45) is 1.24. The van der Waals surface area contributed by atoms with E-state index in [4.69, 9.17) is 4.74 Å². The molecule has 4 nitrogen and oxygen atoms in total. The van der Waals surface area contributed by atoms with Crippen LogP contribution in [0.25, 0.3) is 0 Å². The molecule has 0 radical (unpaired) electrons. The van der Waals surface area contributed by atoms with Gasteiger partial charge in [-0.3, -0.25) is 9.69 Å². The van der Waals surface area contributed by atoms with Crippen LogP contribution < -0.4 is 4.74 Å². The van der Waals surface area contributed by atoms with Gasteiger partial charge in [0, 0.05) is 32.7 Å². The van der Waals surface area contributed by atoms with Crippen molar-refractivity contribution in [3.63, 3.8) is 0 Å². The zero-order valence-electron chi connectivity index (χ0n) is 15.3. The molecule has 2 aliphatic rings. The van der Waals surface area contributed by atoms with Crippen LogP contribution in [-0.2, 0) is 6.54 Å². The molecule has 2 fully saturated rings. The van der Waals surface area contributed by atoms with Crippen molar-refractivity contribution in [1.82, 2.24) is 9.80 Å². The van der Waals surface area contributed by atoms with Crippen LogP contribution in [0.15, 0.2) is 54.6 Å². The molecular weight excluding hydrogens is 324 g/mol. The number of likely N-dealkylation sites (tertiary alicyclic amines) is 2. The highest BCUT2D eigenvalue weighted by Crippen LogP contribution is 2.31. The molecule has 2 bridgehead atoms. The highest BCUT2D eigenvalue weighted by Gasteiger charge is 2.36. The summed E-state index contributed by atoms with van der Waals surface area (Å²) in [6.45, 7) is 4.84. The molecule has 136 valence electrons. The second-order valence-electron chi connectivity index (χ2n) is 7.56. The van der Waals surface area contributed by atoms with Gasteiger partial charge in [-0.1, -0.05) is 42.5 Å². The zero-order valence-corrected chi connectivity index (χ0v) is 15.3. The van der Waals surface area contributed by atoms with E-state index in [2.05, 4.69) is 35.2 Å². The van der Waals surface area contributed by atoms with Crippen molar-refractivity contribution < 1.29 is 9.53 Å². The standard InChI is InChI=1S/C22H26N2O2/c1-26-21-10-6-5-9-20(21)22(25)24-15-18-11-19(16-24)14-23(13-18)12-17-7-3-2-4-8-17/h2-10,18-19H,11-16H2,1H3. The average molecular weight is 350 g/mol. The van der Waals surface area contributed by atoms with Gasteiger partial charge >= 0.3 is 0 Å². The number of carbonyl (C=O) groups excluding carboxylic acids is 1. The summed E-state index contributed by atoms with van der Waals surface area (Å²) in [7, 11) is 1.62. The van der Waals surface area contributed by atoms with E-state index in [0.717, 1.165) is 32.7 Å². The molecule has 26 heavy (non-hydrogen) atoms. The molecule has 2 heterocycles. The summed E-state index contributed by atoms with van der Waals surface area (Å²) in [6, 6.07) is 18.2. The van der Waals surface area contributed by atoms with Crippen LogP contribution in [-0.4, -0.2) is 49.0 Å². The van der Waals surface area contributed by atoms with E-state index in [9.17, 15) is 4.79 Å². The van der Waals surface area contributed by atoms with Crippen molar-refractivity contribution >= 4 is 5.91 Å². The number of carbonyl (C=O) groups is 1. The van der Waals surface area contributed by atoms with E-state index in [1.54, 1.807) is 7.11 Å². The molecule has 2 saturated heterocycles. The van der Waals surface area contributed by atoms with Crippen LogP contribution in [0.5, 0.6) is 5.75 Å². The fraction of sp³-hybridized carbons (Fsp3) is 0.409. The van der Waals surface area contributed by atoms with E-state index >= 15 is 0 Å². The third-order valence-electron chi connectivity index (χ3n) is 5.53. The monoisotopic (exact) mass is 350 g/mol. The Labute approximate surface area is 155 Å². The fourth-order valence-electron chi connectivity index (χ4n) is 4.52. The maximum Gasteiger partial charge on any atom is 0.257 e. The highest BCUT2D eigenvalue weighted by atomic mass is 16.5. The predicted molar refractivity (Wildman–Crippen MR) is 102 cm³/mol. The fourth-order valence-corrected chi connectivity index (χ4v) is 4.52. The Kier molecular flexibility index (Phi) is 4.93. The molecule has 1 amide bonds. The van der Waals surface area contributed by atoms with Crippen LogP contribution in [0, 0.1) is 11.8 Å². The number of ether oxygens (including phenoxy) is 1. The summed E-state index contributed by atoms with van der Waals surface area (Å²) >= 11 is 0. The highest BCUT2D eigenvalue weighted by molar-refractivity contribution is 5.97. The number of benzene rings is 2. The Hall–Kier alpha value is -2.33. The number of piperidine rings is 2. The largest absolute Gasteiger partial charge is 0.496 e. The van der Waals surface area contributed by atoms with Gasteiger partial charge in [-0.2, -0.15) is 0 Å². The molecule has 2 aromatic rings. The number of nitrogens with zero attached hydrogens (tertiary/aromatic N) is 2. The Morgan fingerprint density at radius 1 is 0.962 bits per heavy atom. The number of hydrogen-bond acceptors (Lipinski definition) is 3. The molecule has 0 spiro atoms. The minimum absolute atomic E-state index is 0.105. The van der Waals surface area contributed by atoms with E-state index in [0.29, 0.717) is 23.1 Å². The maximum absolute atomic E-state index is 13.0. The topological polar surface area (TPSA) is 32.8 Å². The summed E-state index contributed by atoms with van der Waals surface area (Å²) in [4.78, 5) is 17.6. The van der Waals surface area contributed by atoms with Crippen molar-refractivity contribution in [1.29, 1.82) is 0 Å². The molecule has 2 aliphatic heterocycles. The number of para-hydroxylation sites is 1. The predicted octanol–water partition coefficient (Wildman–Crippen LogP) is 3.29. The van der Waals surface area contributed by atoms with Gasteiger partial charge in [-0.05, 0) is 36.0 Å². The van der Waals surface area contributed by atoms with Crippen LogP contribution in [0.1, 0.15) is 22.3 Å². The van der Waals surface area contributed by atoms with Crippen LogP contribution in [0.3, 0.4) is 0 Å². The molecule has 4 rings (SSSR count). The van der Waals surface area contributed by atoms with Crippen LogP contribution in [0.2, 0.25) is 0 Å². The number of fused-ring (bicyclic) bond motifs is 2. The molecule has 2 unspecified atom stereocenters. The number of hydrogen-bond donors (Lipinski definition) is 0. The number of amides is 1. The van der Waals surface area contributed by atoms with Crippen molar-refractivity contribution in [2.45, 2.75) is 13.0 Å². The second-order valence-corrected chi connectivity index (χ2v) is 7.56. The van der Waals surface area contributed by atoms with Crippen LogP contribution >= 0.6 is 0 Å². The second kappa shape index (κ2) is 7.50. The number of rotatable bonds is 4. The van der Waals surface area contributed by atoms with Gasteiger partial charge < -0.3 is 9.64 Å². The minimum atomic E-state index is 0.105. The van der Waals surface area contributed by atoms with Crippen molar-refractivity contribution in [3.8, 4) is 5.75 Å². The van der Waals surface area contributed by atoms with E-state index in [1.165, 1.54) is 12.0 Å². The van der Waals surface area contributed by atoms with Gasteiger partial charge in [0.2, 0.25) is 0 Å². The molecule has 0 saturated carbocycles. The molecule has 0 aliphatic carbocycles. The quantitative estimate of drug-likeness (QED) is 0.848. The number of methoxy groups -OCH3 is 1. The molecular formula is C22H26N2O2. The average Bonchev–Trinajstić information content (AvgIpc) is 2.67. The molecule has 0 N–H and O–H groups in total. The first-order chi connectivity index (χ1) is 12.7. The van der Waals surface area contributed by atoms with Gasteiger partial charge in [0.25, 0.3) is 5.91 Å². The van der Waals surface area contributed by atoms with Crippen molar-refractivity contribution in [2.75, 3.05) is 33.3 Å². The Morgan fingerprint density at radius 2 is 1.62 bits per heavy atom. The summed E-state index contributed by atoms with van der Waals surface area (Å²) in [5, 5.41) is 0. The van der Waals surface area contributed by atoms with Crippen molar-refractivity contribution in [2.24, 2.45) is 11.8 Å². The van der Waals surface area contributed by atoms with Crippen molar-refractivity contribution in [3.05, 3.63) is 65.7 Å². The Balaban J connectivity index is 1.43. The first-order valence-corrected chi connectivity index (χ1v) is 9.41. The summed E-state index contributed by atoms with van der Waals surface area (Å²) in [5.41, 5.74) is 2.05. The van der Waals surface area contributed by atoms with Gasteiger partial charge in [-0.25, -0.2) is 0 Å². The van der Waals surface area contributed by atoms with Gasteiger partial charge in [-0.15, -0.1) is 0 Å². The molecule has 2 atom stereocenters. The smallest absolute Gasteiger partial charge is 0.257 e. The van der Waals surface area contributed by atoms with Crippen LogP contribution in [0.4, 0.5) is 0 Å². The first-order valence-electron chi connectivity index (χ1n) is 9.41. The Morgan fingerprint density at radius 3 is 2.31 bits per heavy atom. The lowest BCUT2D eigenvalue weighted by molar-refractivity contribution is 0.0236. The van der Waals surface area contributed by atoms with E-state index < -0.39 is 0 Å². The molecule has 0 aromatic heterocycles. The maximum atomic E-state index is 13.0. The summed E-state index contributed by atoms with van der Waals surface area (Å²) < 4.78 is 5.38. The van der Waals surface area contributed by atoms with Gasteiger partial charge in [0.05, 0.1) is 12.7 Å². The first kappa shape index (κ1) is 17.1.